The predicted molar refractivity (Wildman–Crippen MR) is 64.8 cm³/mol. The Balaban J connectivity index is 2.36. The average molecular weight is 212 g/mol. The van der Waals surface area contributed by atoms with Crippen molar-refractivity contribution in [2.75, 3.05) is 11.5 Å². The summed E-state index contributed by atoms with van der Waals surface area (Å²) in [4.78, 5) is 0. The van der Waals surface area contributed by atoms with Gasteiger partial charge in [0.05, 0.1) is 0 Å². The van der Waals surface area contributed by atoms with E-state index in [1.165, 1.54) is 0 Å². The molecule has 0 saturated heterocycles. The zero-order valence-electron chi connectivity index (χ0n) is 8.64. The highest BCUT2D eigenvalue weighted by Crippen LogP contribution is 2.46. The molecule has 0 spiro atoms. The quantitative estimate of drug-likeness (QED) is 0.584. The van der Waals surface area contributed by atoms with Crippen molar-refractivity contribution in [3.8, 4) is 11.1 Å². The third-order valence-corrected chi connectivity index (χ3v) is 3.06. The molecule has 80 valence electrons. The molecular formula is C13H12N2O. The summed E-state index contributed by atoms with van der Waals surface area (Å²) in [7, 11) is 0. The van der Waals surface area contributed by atoms with Crippen molar-refractivity contribution in [3.63, 3.8) is 0 Å². The summed E-state index contributed by atoms with van der Waals surface area (Å²) in [5, 5.41) is 10.2. The summed E-state index contributed by atoms with van der Waals surface area (Å²) >= 11 is 0. The number of aliphatic hydroxyl groups is 1. The second-order valence-corrected chi connectivity index (χ2v) is 4.06. The third-order valence-electron chi connectivity index (χ3n) is 3.06. The van der Waals surface area contributed by atoms with Gasteiger partial charge < -0.3 is 16.6 Å². The lowest BCUT2D eigenvalue weighted by Crippen LogP contribution is -1.95. The van der Waals surface area contributed by atoms with Crippen molar-refractivity contribution < 1.29 is 5.11 Å². The molecule has 1 atom stereocenters. The van der Waals surface area contributed by atoms with Crippen LogP contribution in [0.5, 0.6) is 0 Å². The number of nitrogens with two attached hydrogens (primary N) is 2. The lowest BCUT2D eigenvalue weighted by Gasteiger charge is -2.05. The van der Waals surface area contributed by atoms with E-state index in [2.05, 4.69) is 0 Å². The van der Waals surface area contributed by atoms with Crippen LogP contribution >= 0.6 is 0 Å². The maximum atomic E-state index is 10.2. The first kappa shape index (κ1) is 9.24. The fourth-order valence-corrected chi connectivity index (χ4v) is 2.33. The van der Waals surface area contributed by atoms with E-state index >= 15 is 0 Å². The van der Waals surface area contributed by atoms with E-state index in [0.29, 0.717) is 11.4 Å². The number of anilines is 2. The minimum Gasteiger partial charge on any atom is -0.399 e. The number of hydrogen-bond acceptors (Lipinski definition) is 3. The zero-order chi connectivity index (χ0) is 11.3. The van der Waals surface area contributed by atoms with Gasteiger partial charge in [0.15, 0.2) is 0 Å². The van der Waals surface area contributed by atoms with Crippen LogP contribution < -0.4 is 11.5 Å². The standard InChI is InChI=1S/C13H12N2O/c14-7-4-5-8-10(6-7)13(16)9-2-1-3-11(15)12(8)9/h1-6,13,16H,14-15H2. The van der Waals surface area contributed by atoms with Crippen LogP contribution in [-0.2, 0) is 0 Å². The van der Waals surface area contributed by atoms with Crippen LogP contribution in [0.25, 0.3) is 11.1 Å². The van der Waals surface area contributed by atoms with Gasteiger partial charge in [-0.15, -0.1) is 0 Å². The molecule has 5 N–H and O–H groups in total. The second kappa shape index (κ2) is 3.00. The summed E-state index contributed by atoms with van der Waals surface area (Å²) in [6.07, 6.45) is -0.614. The molecule has 0 fully saturated rings. The molecule has 2 aromatic carbocycles. The molecule has 0 saturated carbocycles. The second-order valence-electron chi connectivity index (χ2n) is 4.06. The Labute approximate surface area is 93.3 Å². The third kappa shape index (κ3) is 1.06. The van der Waals surface area contributed by atoms with E-state index in [-0.39, 0.29) is 0 Å². The first-order valence-electron chi connectivity index (χ1n) is 5.14. The van der Waals surface area contributed by atoms with E-state index < -0.39 is 6.10 Å². The normalized spacial score (nSPS) is 16.9. The summed E-state index contributed by atoms with van der Waals surface area (Å²) in [5.41, 5.74) is 16.6. The van der Waals surface area contributed by atoms with E-state index in [4.69, 9.17) is 11.5 Å². The minimum absolute atomic E-state index is 0.614. The number of fused-ring (bicyclic) bond motifs is 3. The highest BCUT2D eigenvalue weighted by Gasteiger charge is 2.28. The molecule has 0 radical (unpaired) electrons. The summed E-state index contributed by atoms with van der Waals surface area (Å²) < 4.78 is 0. The Morgan fingerprint density at radius 1 is 1.00 bits per heavy atom. The Kier molecular flexibility index (Phi) is 1.73. The first-order valence-corrected chi connectivity index (χ1v) is 5.14. The molecule has 0 bridgehead atoms. The molecule has 0 amide bonds. The molecule has 3 heteroatoms. The number of nitrogen functional groups attached to an aromatic ring is 2. The Hall–Kier alpha value is -2.00. The van der Waals surface area contributed by atoms with Crippen LogP contribution in [0, 0.1) is 0 Å². The molecule has 3 nitrogen and oxygen atoms in total. The van der Waals surface area contributed by atoms with Gasteiger partial charge >= 0.3 is 0 Å². The molecule has 0 aromatic heterocycles. The van der Waals surface area contributed by atoms with Crippen LogP contribution in [-0.4, -0.2) is 5.11 Å². The van der Waals surface area contributed by atoms with E-state index in [1.54, 1.807) is 6.07 Å². The van der Waals surface area contributed by atoms with Gasteiger partial charge in [-0.25, -0.2) is 0 Å². The maximum absolute atomic E-state index is 10.2. The van der Waals surface area contributed by atoms with Gasteiger partial charge in [-0.1, -0.05) is 18.2 Å². The van der Waals surface area contributed by atoms with Gasteiger partial charge in [-0.05, 0) is 34.9 Å². The van der Waals surface area contributed by atoms with E-state index in [9.17, 15) is 5.11 Å². The van der Waals surface area contributed by atoms with Gasteiger partial charge in [-0.3, -0.25) is 0 Å². The highest BCUT2D eigenvalue weighted by atomic mass is 16.3. The molecule has 1 aliphatic rings. The lowest BCUT2D eigenvalue weighted by molar-refractivity contribution is 0.225. The van der Waals surface area contributed by atoms with Gasteiger partial charge in [0.25, 0.3) is 0 Å². The number of hydrogen-bond donors (Lipinski definition) is 3. The molecule has 16 heavy (non-hydrogen) atoms. The zero-order valence-corrected chi connectivity index (χ0v) is 8.64. The van der Waals surface area contributed by atoms with Gasteiger partial charge in [0.2, 0.25) is 0 Å². The van der Waals surface area contributed by atoms with Crippen LogP contribution in [0.4, 0.5) is 11.4 Å². The Morgan fingerprint density at radius 3 is 2.62 bits per heavy atom. The molecule has 3 rings (SSSR count). The van der Waals surface area contributed by atoms with Gasteiger partial charge in [0.1, 0.15) is 6.10 Å². The van der Waals surface area contributed by atoms with Gasteiger partial charge in [0, 0.05) is 16.9 Å². The van der Waals surface area contributed by atoms with Crippen LogP contribution in [0.2, 0.25) is 0 Å². The largest absolute Gasteiger partial charge is 0.399 e. The van der Waals surface area contributed by atoms with Crippen molar-refractivity contribution in [3.05, 3.63) is 47.5 Å². The monoisotopic (exact) mass is 212 g/mol. The van der Waals surface area contributed by atoms with Crippen molar-refractivity contribution >= 4 is 11.4 Å². The molecule has 0 aliphatic heterocycles. The van der Waals surface area contributed by atoms with E-state index in [1.807, 2.05) is 30.3 Å². The smallest absolute Gasteiger partial charge is 0.105 e. The minimum atomic E-state index is -0.614. The molecular weight excluding hydrogens is 200 g/mol. The van der Waals surface area contributed by atoms with Crippen molar-refractivity contribution in [2.45, 2.75) is 6.10 Å². The Bertz CT molecular complexity index is 578. The molecule has 1 aliphatic carbocycles. The lowest BCUT2D eigenvalue weighted by atomic mass is 10.0. The SMILES string of the molecule is Nc1ccc2c(c1)C(O)c1cccc(N)c1-2. The summed E-state index contributed by atoms with van der Waals surface area (Å²) in [5.74, 6) is 0. The number of aliphatic hydroxyl groups excluding tert-OH is 1. The first-order chi connectivity index (χ1) is 7.68. The maximum Gasteiger partial charge on any atom is 0.105 e. The summed E-state index contributed by atoms with van der Waals surface area (Å²) in [6.45, 7) is 0. The highest BCUT2D eigenvalue weighted by molar-refractivity contribution is 5.87. The average Bonchev–Trinajstić information content (AvgIpc) is 2.55. The molecule has 2 aromatic rings. The van der Waals surface area contributed by atoms with Crippen LogP contribution in [0.1, 0.15) is 17.2 Å². The number of benzene rings is 2. The van der Waals surface area contributed by atoms with E-state index in [0.717, 1.165) is 22.3 Å². The predicted octanol–water partition coefficient (Wildman–Crippen LogP) is 1.91. The van der Waals surface area contributed by atoms with Crippen LogP contribution in [0.3, 0.4) is 0 Å². The molecule has 0 heterocycles. The van der Waals surface area contributed by atoms with Gasteiger partial charge in [-0.2, -0.15) is 0 Å². The van der Waals surface area contributed by atoms with Crippen molar-refractivity contribution in [1.29, 1.82) is 0 Å². The van der Waals surface area contributed by atoms with Crippen LogP contribution in [0.15, 0.2) is 36.4 Å². The number of rotatable bonds is 0. The van der Waals surface area contributed by atoms with Crippen molar-refractivity contribution in [1.82, 2.24) is 0 Å². The fourth-order valence-electron chi connectivity index (χ4n) is 2.33. The molecule has 1 unspecified atom stereocenters. The van der Waals surface area contributed by atoms with Crippen molar-refractivity contribution in [2.24, 2.45) is 0 Å². The topological polar surface area (TPSA) is 72.3 Å². The Morgan fingerprint density at radius 2 is 1.81 bits per heavy atom. The fraction of sp³-hybridized carbons (Fsp3) is 0.0769. The summed E-state index contributed by atoms with van der Waals surface area (Å²) in [6, 6.07) is 11.1.